The van der Waals surface area contributed by atoms with Crippen LogP contribution in [0.1, 0.15) is 28.7 Å². The van der Waals surface area contributed by atoms with Gasteiger partial charge in [-0.1, -0.05) is 24.7 Å². The van der Waals surface area contributed by atoms with Crippen LogP contribution in [0.3, 0.4) is 0 Å². The fourth-order valence-electron chi connectivity index (χ4n) is 1.35. The highest BCUT2D eigenvalue weighted by Crippen LogP contribution is 2.25. The van der Waals surface area contributed by atoms with Gasteiger partial charge in [-0.2, -0.15) is 0 Å². The molecule has 0 unspecified atom stereocenters. The molecule has 0 N–H and O–H groups in total. The number of aromatic nitrogens is 1. The van der Waals surface area contributed by atoms with Crippen LogP contribution in [0.2, 0.25) is 0 Å². The molecule has 16 heavy (non-hydrogen) atoms. The van der Waals surface area contributed by atoms with Crippen LogP contribution in [-0.2, 0) is 11.2 Å². The van der Waals surface area contributed by atoms with Crippen LogP contribution < -0.4 is 4.90 Å². The molecule has 1 heterocycles. The zero-order valence-corrected chi connectivity index (χ0v) is 10.8. The smallest absolute Gasteiger partial charge is 0.186 e. The van der Waals surface area contributed by atoms with E-state index in [9.17, 15) is 4.79 Å². The highest BCUT2D eigenvalue weighted by atomic mass is 32.1. The number of ether oxygens (including phenoxy) is 1. The lowest BCUT2D eigenvalue weighted by Crippen LogP contribution is -2.21. The largest absolute Gasteiger partial charge is 0.383 e. The number of hydrogen-bond donors (Lipinski definition) is 0. The molecule has 1 rings (SSSR count). The number of aryl methyl sites for hydroxylation is 1. The van der Waals surface area contributed by atoms with Gasteiger partial charge in [-0.25, -0.2) is 4.98 Å². The van der Waals surface area contributed by atoms with Gasteiger partial charge in [0.1, 0.15) is 0 Å². The van der Waals surface area contributed by atoms with Crippen LogP contribution in [0.5, 0.6) is 0 Å². The van der Waals surface area contributed by atoms with Crippen LogP contribution in [0.25, 0.3) is 0 Å². The van der Waals surface area contributed by atoms with Gasteiger partial charge in [0.25, 0.3) is 0 Å². The average Bonchev–Trinajstić information content (AvgIpc) is 2.69. The first-order chi connectivity index (χ1) is 7.72. The number of carbonyl (C=O) groups is 1. The Kier molecular flexibility index (Phi) is 5.42. The summed E-state index contributed by atoms with van der Waals surface area (Å²) in [5, 5.41) is 0.891. The maximum absolute atomic E-state index is 10.9. The van der Waals surface area contributed by atoms with E-state index in [-0.39, 0.29) is 0 Å². The van der Waals surface area contributed by atoms with E-state index in [1.807, 2.05) is 11.9 Å². The number of rotatable bonds is 7. The Morgan fingerprint density at radius 2 is 2.31 bits per heavy atom. The van der Waals surface area contributed by atoms with Crippen LogP contribution in [-0.4, -0.2) is 38.6 Å². The molecule has 0 aliphatic rings. The highest BCUT2D eigenvalue weighted by Gasteiger charge is 2.12. The van der Waals surface area contributed by atoms with Crippen molar-refractivity contribution in [1.82, 2.24) is 4.98 Å². The van der Waals surface area contributed by atoms with Crippen molar-refractivity contribution in [3.8, 4) is 0 Å². The number of methoxy groups -OCH3 is 1. The fourth-order valence-corrected chi connectivity index (χ4v) is 2.26. The van der Waals surface area contributed by atoms with Crippen LogP contribution >= 0.6 is 11.3 Å². The molecule has 90 valence electrons. The van der Waals surface area contributed by atoms with E-state index < -0.39 is 0 Å². The van der Waals surface area contributed by atoms with Crippen molar-refractivity contribution in [3.63, 3.8) is 0 Å². The van der Waals surface area contributed by atoms with E-state index in [1.165, 1.54) is 11.3 Å². The van der Waals surface area contributed by atoms with E-state index in [4.69, 9.17) is 4.74 Å². The molecule has 0 aliphatic carbocycles. The predicted octanol–water partition coefficient (Wildman–Crippen LogP) is 1.99. The Labute approximate surface area is 100 Å². The Morgan fingerprint density at radius 3 is 2.88 bits per heavy atom. The van der Waals surface area contributed by atoms with E-state index in [1.54, 1.807) is 7.11 Å². The molecule has 0 aliphatic heterocycles. The first-order valence-corrected chi connectivity index (χ1v) is 6.19. The van der Waals surface area contributed by atoms with Gasteiger partial charge in [0.15, 0.2) is 11.4 Å². The van der Waals surface area contributed by atoms with Gasteiger partial charge in [-0.05, 0) is 6.42 Å². The lowest BCUT2D eigenvalue weighted by molar-refractivity contribution is 0.112. The third-order valence-corrected chi connectivity index (χ3v) is 3.40. The number of likely N-dealkylation sites (N-methyl/N-ethyl adjacent to an activating group) is 1. The van der Waals surface area contributed by atoms with Crippen LogP contribution in [0.15, 0.2) is 0 Å². The van der Waals surface area contributed by atoms with Crippen molar-refractivity contribution in [1.29, 1.82) is 0 Å². The first-order valence-electron chi connectivity index (χ1n) is 5.37. The minimum absolute atomic E-state index is 0.662. The van der Waals surface area contributed by atoms with Crippen molar-refractivity contribution >= 4 is 22.8 Å². The summed E-state index contributed by atoms with van der Waals surface area (Å²) < 4.78 is 5.01. The molecule has 0 bridgehead atoms. The quantitative estimate of drug-likeness (QED) is 0.686. The lowest BCUT2D eigenvalue weighted by atomic mass is 10.2. The molecule has 0 saturated heterocycles. The summed E-state index contributed by atoms with van der Waals surface area (Å²) in [6.07, 6.45) is 2.77. The summed E-state index contributed by atoms with van der Waals surface area (Å²) in [6.45, 7) is 3.53. The molecule has 0 spiro atoms. The maximum atomic E-state index is 10.9. The highest BCUT2D eigenvalue weighted by molar-refractivity contribution is 7.17. The van der Waals surface area contributed by atoms with Gasteiger partial charge in [0, 0.05) is 20.7 Å². The Balaban J connectivity index is 2.76. The molecule has 0 atom stereocenters. The summed E-state index contributed by atoms with van der Waals surface area (Å²) in [4.78, 5) is 18.1. The number of anilines is 1. The minimum Gasteiger partial charge on any atom is -0.383 e. The first kappa shape index (κ1) is 13.1. The molecule has 1 aromatic rings. The van der Waals surface area contributed by atoms with Crippen molar-refractivity contribution in [3.05, 3.63) is 10.6 Å². The van der Waals surface area contributed by atoms with Gasteiger partial charge in [0.05, 0.1) is 17.2 Å². The van der Waals surface area contributed by atoms with Gasteiger partial charge < -0.3 is 9.64 Å². The predicted molar refractivity (Wildman–Crippen MR) is 66.6 cm³/mol. The Morgan fingerprint density at radius 1 is 1.56 bits per heavy atom. The zero-order chi connectivity index (χ0) is 12.0. The van der Waals surface area contributed by atoms with E-state index in [0.29, 0.717) is 6.61 Å². The lowest BCUT2D eigenvalue weighted by Gasteiger charge is -2.14. The molecule has 0 fully saturated rings. The second-order valence-corrected chi connectivity index (χ2v) is 4.60. The molecule has 0 amide bonds. The summed E-state index contributed by atoms with van der Waals surface area (Å²) >= 11 is 1.45. The van der Waals surface area contributed by atoms with Gasteiger partial charge in [-0.15, -0.1) is 0 Å². The molecule has 1 aromatic heterocycles. The summed E-state index contributed by atoms with van der Waals surface area (Å²) in [7, 11) is 3.64. The van der Waals surface area contributed by atoms with Gasteiger partial charge >= 0.3 is 0 Å². The Hall–Kier alpha value is -0.940. The number of aldehydes is 1. The molecular weight excluding hydrogens is 224 g/mol. The standard InChI is InChI=1S/C11H18N2O2S/c1-4-5-9-10(8-14)16-11(12-9)13(2)6-7-15-3/h8H,4-7H2,1-3H3. The second kappa shape index (κ2) is 6.60. The summed E-state index contributed by atoms with van der Waals surface area (Å²) in [5.74, 6) is 0. The molecule has 5 heteroatoms. The van der Waals surface area contributed by atoms with Crippen molar-refractivity contribution in [2.75, 3.05) is 32.2 Å². The SMILES string of the molecule is CCCc1nc(N(C)CCOC)sc1C=O. The normalized spacial score (nSPS) is 10.4. The van der Waals surface area contributed by atoms with E-state index in [2.05, 4.69) is 11.9 Å². The summed E-state index contributed by atoms with van der Waals surface area (Å²) in [5.41, 5.74) is 0.918. The number of nitrogens with zero attached hydrogens (tertiary/aromatic N) is 2. The maximum Gasteiger partial charge on any atom is 0.186 e. The minimum atomic E-state index is 0.662. The van der Waals surface area contributed by atoms with Crippen molar-refractivity contribution in [2.45, 2.75) is 19.8 Å². The molecule has 4 nitrogen and oxygen atoms in total. The summed E-state index contributed by atoms with van der Waals surface area (Å²) in [6, 6.07) is 0. The van der Waals surface area contributed by atoms with E-state index >= 15 is 0 Å². The number of carbonyl (C=O) groups excluding carboxylic acids is 1. The Bertz CT molecular complexity index is 339. The molecular formula is C11H18N2O2S. The third-order valence-electron chi connectivity index (χ3n) is 2.27. The fraction of sp³-hybridized carbons (Fsp3) is 0.636. The van der Waals surface area contributed by atoms with Crippen molar-refractivity contribution in [2.24, 2.45) is 0 Å². The molecule has 0 radical (unpaired) electrons. The van der Waals surface area contributed by atoms with E-state index in [0.717, 1.165) is 41.4 Å². The zero-order valence-electron chi connectivity index (χ0n) is 10.0. The second-order valence-electron chi connectivity index (χ2n) is 3.59. The monoisotopic (exact) mass is 242 g/mol. The van der Waals surface area contributed by atoms with Crippen molar-refractivity contribution < 1.29 is 9.53 Å². The third kappa shape index (κ3) is 3.28. The van der Waals surface area contributed by atoms with Crippen LogP contribution in [0, 0.1) is 0 Å². The van der Waals surface area contributed by atoms with Gasteiger partial charge in [0.2, 0.25) is 0 Å². The molecule has 0 saturated carbocycles. The average molecular weight is 242 g/mol. The molecule has 0 aromatic carbocycles. The number of hydrogen-bond acceptors (Lipinski definition) is 5. The van der Waals surface area contributed by atoms with Gasteiger partial charge in [-0.3, -0.25) is 4.79 Å². The topological polar surface area (TPSA) is 42.4 Å². The van der Waals surface area contributed by atoms with Crippen LogP contribution in [0.4, 0.5) is 5.13 Å². The number of thiazole rings is 1.